The van der Waals surface area contributed by atoms with Crippen molar-refractivity contribution in [2.45, 2.75) is 17.4 Å². The van der Waals surface area contributed by atoms with Crippen LogP contribution in [-0.2, 0) is 21.1 Å². The molecule has 1 aromatic carbocycles. The molecule has 1 aromatic heterocycles. The molecule has 154 valence electrons. The van der Waals surface area contributed by atoms with Gasteiger partial charge in [-0.15, -0.1) is 0 Å². The number of ether oxygens (including phenoxy) is 3. The van der Waals surface area contributed by atoms with E-state index in [0.29, 0.717) is 17.2 Å². The van der Waals surface area contributed by atoms with Crippen LogP contribution >= 0.6 is 0 Å². The highest BCUT2D eigenvalue weighted by Crippen LogP contribution is 2.36. The van der Waals surface area contributed by atoms with Crippen molar-refractivity contribution in [2.24, 2.45) is 0 Å². The minimum Gasteiger partial charge on any atom is -0.454 e. The molecule has 0 aliphatic carbocycles. The number of nitrogens with zero attached hydrogens (tertiary/aromatic N) is 3. The first-order valence-electron chi connectivity index (χ1n) is 9.21. The summed E-state index contributed by atoms with van der Waals surface area (Å²) in [5.41, 5.74) is -0.247. The monoisotopic (exact) mass is 420 g/mol. The van der Waals surface area contributed by atoms with Gasteiger partial charge in [-0.2, -0.15) is 5.10 Å². The Hall–Kier alpha value is -2.79. The molecule has 1 spiro atoms. The lowest BCUT2D eigenvalue weighted by Crippen LogP contribution is -2.71. The maximum Gasteiger partial charge on any atom is 0.322 e. The van der Waals surface area contributed by atoms with Crippen molar-refractivity contribution in [1.29, 1.82) is 0 Å². The maximum absolute atomic E-state index is 12.7. The Balaban J connectivity index is 1.18. The summed E-state index contributed by atoms with van der Waals surface area (Å²) in [6, 6.07) is 6.58. The smallest absolute Gasteiger partial charge is 0.322 e. The summed E-state index contributed by atoms with van der Waals surface area (Å²) in [4.78, 5) is 14.0. The summed E-state index contributed by atoms with van der Waals surface area (Å²) < 4.78 is 43.5. The molecular weight excluding hydrogens is 400 g/mol. The highest BCUT2D eigenvalue weighted by Gasteiger charge is 2.54. The van der Waals surface area contributed by atoms with Gasteiger partial charge in [0.05, 0.1) is 32.0 Å². The molecule has 0 saturated carbocycles. The Kier molecular flexibility index (Phi) is 4.17. The van der Waals surface area contributed by atoms with E-state index in [1.165, 1.54) is 4.90 Å². The summed E-state index contributed by atoms with van der Waals surface area (Å²) in [7, 11) is -3.36. The summed E-state index contributed by atoms with van der Waals surface area (Å²) >= 11 is 0. The SMILES string of the molecule is O=C(Nc1ccc2c(c1)OCO2)N1CC2(C1)CS(=O)(=O)[C@@H](Cn1cccn1)CO2. The third kappa shape index (κ3) is 3.40. The van der Waals surface area contributed by atoms with Crippen molar-refractivity contribution < 1.29 is 27.4 Å². The molecule has 0 bridgehead atoms. The summed E-state index contributed by atoms with van der Waals surface area (Å²) in [6.45, 7) is 0.988. The molecule has 2 fully saturated rings. The number of hydrogen-bond donors (Lipinski definition) is 1. The molecule has 3 aliphatic rings. The van der Waals surface area contributed by atoms with E-state index in [1.807, 2.05) is 0 Å². The topological polar surface area (TPSA) is 112 Å². The molecule has 2 aromatic rings. The predicted molar refractivity (Wildman–Crippen MR) is 102 cm³/mol. The standard InChI is InChI=1S/C18H20N4O6S/c23-17(20-13-2-3-15-16(6-13)27-12-26-15)21-9-18(10-21)11-29(24,25)14(8-28-18)7-22-5-1-4-19-22/h1-6,14H,7-12H2,(H,20,23)/t14-/m0/s1. The minimum absolute atomic E-state index is 0.0970. The van der Waals surface area contributed by atoms with Crippen LogP contribution in [-0.4, -0.2) is 72.2 Å². The molecule has 2 saturated heterocycles. The van der Waals surface area contributed by atoms with Crippen LogP contribution in [0.15, 0.2) is 36.7 Å². The highest BCUT2D eigenvalue weighted by molar-refractivity contribution is 7.92. The van der Waals surface area contributed by atoms with Crippen LogP contribution in [0.25, 0.3) is 0 Å². The third-order valence-electron chi connectivity index (χ3n) is 5.37. The van der Waals surface area contributed by atoms with E-state index >= 15 is 0 Å². The first kappa shape index (κ1) is 18.3. The molecule has 1 N–H and O–H groups in total. The lowest BCUT2D eigenvalue weighted by molar-refractivity contribution is -0.117. The largest absolute Gasteiger partial charge is 0.454 e. The fraction of sp³-hybridized carbons (Fsp3) is 0.444. The second kappa shape index (κ2) is 6.63. The van der Waals surface area contributed by atoms with Gasteiger partial charge < -0.3 is 24.4 Å². The number of likely N-dealkylation sites (tertiary alicyclic amines) is 1. The number of carbonyl (C=O) groups is 1. The van der Waals surface area contributed by atoms with E-state index < -0.39 is 20.7 Å². The summed E-state index contributed by atoms with van der Waals surface area (Å²) in [5, 5.41) is 6.22. The van der Waals surface area contributed by atoms with Crippen LogP contribution in [0.4, 0.5) is 10.5 Å². The van der Waals surface area contributed by atoms with Crippen LogP contribution in [0, 0.1) is 0 Å². The van der Waals surface area contributed by atoms with Gasteiger partial charge in [0.25, 0.3) is 0 Å². The van der Waals surface area contributed by atoms with Gasteiger partial charge in [-0.25, -0.2) is 13.2 Å². The van der Waals surface area contributed by atoms with Crippen molar-refractivity contribution >= 4 is 21.6 Å². The van der Waals surface area contributed by atoms with Crippen molar-refractivity contribution in [3.63, 3.8) is 0 Å². The number of aromatic nitrogens is 2. The Morgan fingerprint density at radius 2 is 2.10 bits per heavy atom. The molecule has 11 heteroatoms. The van der Waals surface area contributed by atoms with Crippen LogP contribution < -0.4 is 14.8 Å². The summed E-state index contributed by atoms with van der Waals surface area (Å²) in [6.07, 6.45) is 3.34. The zero-order chi connectivity index (χ0) is 20.1. The molecule has 2 amide bonds. The minimum atomic E-state index is -3.36. The van der Waals surface area contributed by atoms with Crippen LogP contribution in [0.2, 0.25) is 0 Å². The van der Waals surface area contributed by atoms with E-state index in [0.717, 1.165) is 0 Å². The molecule has 5 rings (SSSR count). The Morgan fingerprint density at radius 3 is 2.86 bits per heavy atom. The number of urea groups is 1. The number of nitrogens with one attached hydrogen (secondary N) is 1. The van der Waals surface area contributed by atoms with Gasteiger partial charge in [0.15, 0.2) is 21.3 Å². The van der Waals surface area contributed by atoms with Crippen molar-refractivity contribution in [3.05, 3.63) is 36.7 Å². The molecule has 0 radical (unpaired) electrons. The number of carbonyl (C=O) groups excluding carboxylic acids is 1. The average molecular weight is 420 g/mol. The Morgan fingerprint density at radius 1 is 1.28 bits per heavy atom. The zero-order valence-corrected chi connectivity index (χ0v) is 16.3. The second-order valence-electron chi connectivity index (χ2n) is 7.51. The van der Waals surface area contributed by atoms with Gasteiger partial charge in [-0.1, -0.05) is 0 Å². The number of rotatable bonds is 3. The number of sulfone groups is 1. The maximum atomic E-state index is 12.7. The zero-order valence-electron chi connectivity index (χ0n) is 15.5. The fourth-order valence-electron chi connectivity index (χ4n) is 3.84. The van der Waals surface area contributed by atoms with Crippen LogP contribution in [0.5, 0.6) is 11.5 Å². The average Bonchev–Trinajstić information content (AvgIpc) is 3.32. The van der Waals surface area contributed by atoms with Gasteiger partial charge in [-0.3, -0.25) is 4.68 Å². The first-order valence-corrected chi connectivity index (χ1v) is 10.9. The van der Waals surface area contributed by atoms with E-state index in [9.17, 15) is 13.2 Å². The van der Waals surface area contributed by atoms with E-state index in [-0.39, 0.29) is 44.8 Å². The molecule has 10 nitrogen and oxygen atoms in total. The number of benzene rings is 1. The van der Waals surface area contributed by atoms with Crippen molar-refractivity contribution in [3.8, 4) is 11.5 Å². The third-order valence-corrected chi connectivity index (χ3v) is 7.60. The molecule has 0 unspecified atom stereocenters. The molecule has 4 heterocycles. The lowest BCUT2D eigenvalue weighted by atomic mass is 9.96. The van der Waals surface area contributed by atoms with Gasteiger partial charge in [0.1, 0.15) is 10.9 Å². The highest BCUT2D eigenvalue weighted by atomic mass is 32.2. The van der Waals surface area contributed by atoms with Gasteiger partial charge in [0.2, 0.25) is 6.79 Å². The van der Waals surface area contributed by atoms with Crippen LogP contribution in [0.1, 0.15) is 0 Å². The Bertz CT molecular complexity index is 1030. The number of amides is 2. The van der Waals surface area contributed by atoms with Gasteiger partial charge in [0, 0.05) is 24.1 Å². The number of hydrogen-bond acceptors (Lipinski definition) is 7. The predicted octanol–water partition coefficient (Wildman–Crippen LogP) is 0.712. The number of anilines is 1. The van der Waals surface area contributed by atoms with E-state index in [4.69, 9.17) is 14.2 Å². The molecule has 3 aliphatic heterocycles. The molecule has 29 heavy (non-hydrogen) atoms. The molecular formula is C18H20N4O6S. The summed E-state index contributed by atoms with van der Waals surface area (Å²) in [5.74, 6) is 1.11. The van der Waals surface area contributed by atoms with Crippen molar-refractivity contribution in [2.75, 3.05) is 37.6 Å². The van der Waals surface area contributed by atoms with Gasteiger partial charge >= 0.3 is 6.03 Å². The van der Waals surface area contributed by atoms with E-state index in [1.54, 1.807) is 41.3 Å². The number of fused-ring (bicyclic) bond motifs is 1. The second-order valence-corrected chi connectivity index (χ2v) is 9.79. The Labute approximate surface area is 167 Å². The molecule has 1 atom stereocenters. The van der Waals surface area contributed by atoms with Crippen LogP contribution in [0.3, 0.4) is 0 Å². The first-order chi connectivity index (χ1) is 13.9. The normalized spacial score (nSPS) is 23.6. The fourth-order valence-corrected chi connectivity index (χ4v) is 5.73. The van der Waals surface area contributed by atoms with Gasteiger partial charge in [-0.05, 0) is 18.2 Å². The quantitative estimate of drug-likeness (QED) is 0.778. The van der Waals surface area contributed by atoms with Crippen molar-refractivity contribution in [1.82, 2.24) is 14.7 Å². The lowest BCUT2D eigenvalue weighted by Gasteiger charge is -2.51. The van der Waals surface area contributed by atoms with E-state index in [2.05, 4.69) is 10.4 Å².